The van der Waals surface area contributed by atoms with Crippen molar-refractivity contribution in [1.82, 2.24) is 15.1 Å². The van der Waals surface area contributed by atoms with E-state index < -0.39 is 0 Å². The molecule has 0 saturated carbocycles. The van der Waals surface area contributed by atoms with Crippen molar-refractivity contribution < 1.29 is 19.1 Å². The molecule has 0 fully saturated rings. The largest absolute Gasteiger partial charge is 0.385 e. The van der Waals surface area contributed by atoms with E-state index in [1.165, 1.54) is 16.5 Å². The molecule has 3 amide bonds. The molecule has 0 aliphatic carbocycles. The number of nitrogens with one attached hydrogen (secondary N) is 1. The normalized spacial score (nSPS) is 13.1. The van der Waals surface area contributed by atoms with Crippen LogP contribution in [0.4, 0.5) is 0 Å². The van der Waals surface area contributed by atoms with Crippen LogP contribution in [0.2, 0.25) is 0 Å². The van der Waals surface area contributed by atoms with Crippen LogP contribution in [0.25, 0.3) is 0 Å². The molecule has 3 rings (SSSR count). The first-order valence-corrected chi connectivity index (χ1v) is 9.90. The van der Waals surface area contributed by atoms with E-state index in [9.17, 15) is 14.4 Å². The summed E-state index contributed by atoms with van der Waals surface area (Å²) in [5.74, 6) is -0.971. The van der Waals surface area contributed by atoms with Crippen LogP contribution in [-0.4, -0.2) is 61.9 Å². The van der Waals surface area contributed by atoms with E-state index in [-0.39, 0.29) is 23.3 Å². The van der Waals surface area contributed by atoms with Crippen molar-refractivity contribution in [2.45, 2.75) is 19.5 Å². The predicted octanol–water partition coefficient (Wildman–Crippen LogP) is 2.31. The molecule has 1 aliphatic rings. The Morgan fingerprint density at radius 3 is 2.33 bits per heavy atom. The molecule has 2 aromatic rings. The van der Waals surface area contributed by atoms with Crippen molar-refractivity contribution in [3.63, 3.8) is 0 Å². The molecule has 0 spiro atoms. The molecule has 2 aromatic carbocycles. The van der Waals surface area contributed by atoms with Gasteiger partial charge >= 0.3 is 0 Å². The molecule has 0 saturated heterocycles. The fourth-order valence-corrected chi connectivity index (χ4v) is 3.41. The molecular weight excluding hydrogens is 382 g/mol. The van der Waals surface area contributed by atoms with Crippen molar-refractivity contribution in [2.24, 2.45) is 0 Å². The minimum atomic E-state index is -0.364. The summed E-state index contributed by atoms with van der Waals surface area (Å²) >= 11 is 0. The third-order valence-corrected chi connectivity index (χ3v) is 4.94. The Morgan fingerprint density at radius 1 is 1.00 bits per heavy atom. The zero-order valence-corrected chi connectivity index (χ0v) is 17.6. The second-order valence-corrected chi connectivity index (χ2v) is 7.61. The van der Waals surface area contributed by atoms with E-state index in [4.69, 9.17) is 4.74 Å². The summed E-state index contributed by atoms with van der Waals surface area (Å²) < 4.78 is 4.98. The molecule has 0 bridgehead atoms. The lowest BCUT2D eigenvalue weighted by Crippen LogP contribution is -2.31. The Morgan fingerprint density at radius 2 is 1.67 bits per heavy atom. The number of fused-ring (bicyclic) bond motifs is 1. The highest BCUT2D eigenvalue weighted by atomic mass is 16.5. The van der Waals surface area contributed by atoms with Gasteiger partial charge in [-0.25, -0.2) is 0 Å². The van der Waals surface area contributed by atoms with Crippen molar-refractivity contribution in [1.29, 1.82) is 0 Å². The Hall–Kier alpha value is -3.03. The van der Waals surface area contributed by atoms with Gasteiger partial charge in [-0.05, 0) is 49.8 Å². The average Bonchev–Trinajstić information content (AvgIpc) is 2.97. The van der Waals surface area contributed by atoms with Gasteiger partial charge in [0.25, 0.3) is 17.7 Å². The van der Waals surface area contributed by atoms with Gasteiger partial charge < -0.3 is 15.0 Å². The van der Waals surface area contributed by atoms with E-state index in [0.29, 0.717) is 37.2 Å². The predicted molar refractivity (Wildman–Crippen MR) is 113 cm³/mol. The van der Waals surface area contributed by atoms with E-state index in [2.05, 4.69) is 10.2 Å². The van der Waals surface area contributed by atoms with Crippen molar-refractivity contribution in [2.75, 3.05) is 34.4 Å². The molecule has 1 aliphatic heterocycles. The van der Waals surface area contributed by atoms with Gasteiger partial charge in [-0.15, -0.1) is 0 Å². The number of carbonyl (C=O) groups is 3. The monoisotopic (exact) mass is 409 g/mol. The van der Waals surface area contributed by atoms with Gasteiger partial charge in [0.1, 0.15) is 0 Å². The topological polar surface area (TPSA) is 79.0 Å². The van der Waals surface area contributed by atoms with Crippen molar-refractivity contribution in [3.8, 4) is 0 Å². The zero-order chi connectivity index (χ0) is 21.7. The van der Waals surface area contributed by atoms with Crippen LogP contribution in [0.5, 0.6) is 0 Å². The van der Waals surface area contributed by atoms with E-state index in [1.807, 2.05) is 38.4 Å². The summed E-state index contributed by atoms with van der Waals surface area (Å²) in [6, 6.07) is 12.7. The quantitative estimate of drug-likeness (QED) is 0.508. The summed E-state index contributed by atoms with van der Waals surface area (Å²) in [4.78, 5) is 40.9. The van der Waals surface area contributed by atoms with Crippen molar-refractivity contribution in [3.05, 3.63) is 70.3 Å². The fraction of sp³-hybridized carbons (Fsp3) is 0.348. The summed E-state index contributed by atoms with van der Waals surface area (Å²) in [7, 11) is 5.61. The lowest BCUT2D eigenvalue weighted by atomic mass is 10.1. The van der Waals surface area contributed by atoms with Crippen molar-refractivity contribution >= 4 is 17.7 Å². The van der Waals surface area contributed by atoms with Gasteiger partial charge in [0.2, 0.25) is 0 Å². The lowest BCUT2D eigenvalue weighted by Gasteiger charge is -2.12. The van der Waals surface area contributed by atoms with Crippen LogP contribution < -0.4 is 5.32 Å². The molecule has 30 heavy (non-hydrogen) atoms. The summed E-state index contributed by atoms with van der Waals surface area (Å²) in [5, 5.41) is 2.87. The molecule has 0 unspecified atom stereocenters. The Kier molecular flexibility index (Phi) is 6.97. The first-order valence-electron chi connectivity index (χ1n) is 9.90. The number of hydrogen-bond acceptors (Lipinski definition) is 5. The van der Waals surface area contributed by atoms with Crippen LogP contribution in [0, 0.1) is 0 Å². The third-order valence-electron chi connectivity index (χ3n) is 4.94. The molecule has 0 aromatic heterocycles. The second-order valence-electron chi connectivity index (χ2n) is 7.61. The highest BCUT2D eigenvalue weighted by molar-refractivity contribution is 6.22. The number of imide groups is 1. The summed E-state index contributed by atoms with van der Waals surface area (Å²) in [6.45, 7) is 2.01. The second kappa shape index (κ2) is 9.65. The van der Waals surface area contributed by atoms with E-state index >= 15 is 0 Å². The Labute approximate surface area is 176 Å². The minimum absolute atomic E-state index is 0.276. The minimum Gasteiger partial charge on any atom is -0.385 e. The number of amides is 3. The number of hydrogen-bond donors (Lipinski definition) is 1. The molecule has 0 atom stereocenters. The molecule has 0 radical (unpaired) electrons. The molecule has 1 heterocycles. The maximum absolute atomic E-state index is 12.6. The highest BCUT2D eigenvalue weighted by Crippen LogP contribution is 2.24. The smallest absolute Gasteiger partial charge is 0.261 e. The standard InChI is InChI=1S/C23H27N3O4/c1-25(2)15-17-7-5-16(6-8-17)14-24-21(27)18-9-10-19-20(13-18)23(29)26(22(19)28)11-4-12-30-3/h5-10,13H,4,11-12,14-15H2,1-3H3,(H,24,27). The molecular formula is C23H27N3O4. The van der Waals surface area contributed by atoms with E-state index in [1.54, 1.807) is 19.2 Å². The van der Waals surface area contributed by atoms with Gasteiger partial charge in [-0.1, -0.05) is 24.3 Å². The number of carbonyl (C=O) groups excluding carboxylic acids is 3. The van der Waals surface area contributed by atoms with Gasteiger partial charge in [0.05, 0.1) is 11.1 Å². The van der Waals surface area contributed by atoms with Gasteiger partial charge in [0, 0.05) is 38.9 Å². The zero-order valence-electron chi connectivity index (χ0n) is 17.6. The number of methoxy groups -OCH3 is 1. The van der Waals surface area contributed by atoms with Crippen LogP contribution >= 0.6 is 0 Å². The number of ether oxygens (including phenoxy) is 1. The van der Waals surface area contributed by atoms with Gasteiger partial charge in [0.15, 0.2) is 0 Å². The maximum Gasteiger partial charge on any atom is 0.261 e. The molecule has 7 heteroatoms. The average molecular weight is 409 g/mol. The number of nitrogens with zero attached hydrogens (tertiary/aromatic N) is 2. The molecule has 7 nitrogen and oxygen atoms in total. The first-order chi connectivity index (χ1) is 14.4. The Bertz CT molecular complexity index is 938. The first kappa shape index (κ1) is 21.7. The van der Waals surface area contributed by atoms with Gasteiger partial charge in [-0.2, -0.15) is 0 Å². The fourth-order valence-electron chi connectivity index (χ4n) is 3.41. The van der Waals surface area contributed by atoms with Crippen LogP contribution in [0.1, 0.15) is 48.6 Å². The molecule has 158 valence electrons. The third kappa shape index (κ3) is 4.93. The van der Waals surface area contributed by atoms with Crippen LogP contribution in [-0.2, 0) is 17.8 Å². The maximum atomic E-state index is 12.6. The highest BCUT2D eigenvalue weighted by Gasteiger charge is 2.35. The number of rotatable bonds is 9. The summed E-state index contributed by atoms with van der Waals surface area (Å²) in [5.41, 5.74) is 3.16. The van der Waals surface area contributed by atoms with Crippen LogP contribution in [0.3, 0.4) is 0 Å². The lowest BCUT2D eigenvalue weighted by molar-refractivity contribution is 0.0638. The van der Waals surface area contributed by atoms with E-state index in [0.717, 1.165) is 12.1 Å². The van der Waals surface area contributed by atoms with Crippen LogP contribution in [0.15, 0.2) is 42.5 Å². The SMILES string of the molecule is COCCCN1C(=O)c2ccc(C(=O)NCc3ccc(CN(C)C)cc3)cc2C1=O. The number of benzene rings is 2. The summed E-state index contributed by atoms with van der Waals surface area (Å²) in [6.07, 6.45) is 0.572. The van der Waals surface area contributed by atoms with Gasteiger partial charge in [-0.3, -0.25) is 19.3 Å². The molecule has 1 N–H and O–H groups in total. The Balaban J connectivity index is 1.63.